The first-order valence-corrected chi connectivity index (χ1v) is 15.7. The summed E-state index contributed by atoms with van der Waals surface area (Å²) in [5, 5.41) is -0.270. The predicted octanol–water partition coefficient (Wildman–Crippen LogP) is 5.28. The lowest BCUT2D eigenvalue weighted by molar-refractivity contribution is -0.137. The predicted molar refractivity (Wildman–Crippen MR) is 149 cm³/mol. The van der Waals surface area contributed by atoms with Gasteiger partial charge in [-0.25, -0.2) is 12.7 Å². The Hall–Kier alpha value is -2.34. The molecule has 2 atom stereocenters. The zero-order valence-electron chi connectivity index (χ0n) is 22.3. The minimum atomic E-state index is -4.72. The third kappa shape index (κ3) is 6.23. The molecular weight excluding hydrogens is 602 g/mol. The molecule has 0 unspecified atom stereocenters. The highest BCUT2D eigenvalue weighted by atomic mass is 35.5. The zero-order valence-corrected chi connectivity index (χ0v) is 24.6. The van der Waals surface area contributed by atoms with Crippen LogP contribution in [0.1, 0.15) is 53.1 Å². The smallest absolute Gasteiger partial charge is 0.340 e. The Morgan fingerprint density at radius 3 is 2.17 bits per heavy atom. The molecule has 3 fully saturated rings. The van der Waals surface area contributed by atoms with E-state index in [0.29, 0.717) is 50.3 Å². The molecule has 13 heteroatoms. The minimum Gasteiger partial charge on any atom is -0.340 e. The van der Waals surface area contributed by atoms with Gasteiger partial charge in [0.25, 0.3) is 5.91 Å². The second kappa shape index (κ2) is 11.4. The quantitative estimate of drug-likeness (QED) is 0.434. The van der Waals surface area contributed by atoms with Gasteiger partial charge in [-0.1, -0.05) is 35.3 Å². The molecule has 0 radical (unpaired) electrons. The number of alkyl halides is 3. The van der Waals surface area contributed by atoms with Gasteiger partial charge in [-0.05, 0) is 61.6 Å². The number of likely N-dealkylation sites (N-methyl/N-ethyl adjacent to an activating group) is 1. The van der Waals surface area contributed by atoms with E-state index in [2.05, 4.69) is 0 Å². The van der Waals surface area contributed by atoms with Crippen LogP contribution < -0.4 is 0 Å². The van der Waals surface area contributed by atoms with Gasteiger partial charge in [0.15, 0.2) is 0 Å². The van der Waals surface area contributed by atoms with Gasteiger partial charge >= 0.3 is 6.18 Å². The molecule has 1 aliphatic carbocycles. The summed E-state index contributed by atoms with van der Waals surface area (Å²) in [5.74, 6) is -1.39. The van der Waals surface area contributed by atoms with Crippen LogP contribution >= 0.6 is 23.2 Å². The summed E-state index contributed by atoms with van der Waals surface area (Å²) in [5.41, 5.74) is -0.411. The molecule has 3 aliphatic rings. The van der Waals surface area contributed by atoms with E-state index < -0.39 is 38.7 Å². The monoisotopic (exact) mass is 631 g/mol. The maximum absolute atomic E-state index is 13.6. The first-order valence-electron chi connectivity index (χ1n) is 13.4. The van der Waals surface area contributed by atoms with E-state index >= 15 is 0 Å². The largest absolute Gasteiger partial charge is 0.417 e. The second-order valence-corrected chi connectivity index (χ2v) is 14.1. The Balaban J connectivity index is 1.35. The number of nitrogens with zero attached hydrogens (tertiary/aromatic N) is 3. The van der Waals surface area contributed by atoms with Crippen LogP contribution in [0.5, 0.6) is 0 Å². The summed E-state index contributed by atoms with van der Waals surface area (Å²) >= 11 is 11.8. The molecule has 1 saturated carbocycles. The van der Waals surface area contributed by atoms with E-state index in [1.165, 1.54) is 22.3 Å². The fraction of sp³-hybridized carbons (Fsp3) is 0.500. The number of hydrogen-bond acceptors (Lipinski definition) is 4. The van der Waals surface area contributed by atoms with Gasteiger partial charge in [-0.2, -0.15) is 13.2 Å². The number of benzene rings is 2. The Morgan fingerprint density at radius 2 is 1.59 bits per heavy atom. The van der Waals surface area contributed by atoms with E-state index in [9.17, 15) is 31.2 Å². The molecule has 2 aromatic carbocycles. The van der Waals surface area contributed by atoms with Crippen molar-refractivity contribution in [1.82, 2.24) is 14.1 Å². The summed E-state index contributed by atoms with van der Waals surface area (Å²) in [7, 11) is -1.78. The van der Waals surface area contributed by atoms with Crippen molar-refractivity contribution in [3.05, 3.63) is 69.2 Å². The van der Waals surface area contributed by atoms with Crippen molar-refractivity contribution < 1.29 is 31.2 Å². The van der Waals surface area contributed by atoms with Crippen molar-refractivity contribution in [1.29, 1.82) is 0 Å². The molecule has 0 bridgehead atoms. The molecule has 0 aromatic heterocycles. The van der Waals surface area contributed by atoms with Crippen LogP contribution in [0.15, 0.2) is 42.5 Å². The van der Waals surface area contributed by atoms with Crippen LogP contribution in [0.2, 0.25) is 10.0 Å². The van der Waals surface area contributed by atoms with Crippen LogP contribution in [0.25, 0.3) is 0 Å². The van der Waals surface area contributed by atoms with Crippen molar-refractivity contribution in [2.24, 2.45) is 5.92 Å². The average molecular weight is 633 g/mol. The molecule has 41 heavy (non-hydrogen) atoms. The lowest BCUT2D eigenvalue weighted by atomic mass is 9.93. The van der Waals surface area contributed by atoms with Gasteiger partial charge in [0, 0.05) is 55.6 Å². The van der Waals surface area contributed by atoms with Crippen molar-refractivity contribution in [3.63, 3.8) is 0 Å². The molecular formula is C28H30Cl2F3N3O4S. The number of likely N-dealkylation sites (tertiary alicyclic amines) is 1. The maximum atomic E-state index is 13.6. The first-order chi connectivity index (χ1) is 19.3. The van der Waals surface area contributed by atoms with Gasteiger partial charge in [0.1, 0.15) is 0 Å². The van der Waals surface area contributed by atoms with E-state index in [1.54, 1.807) is 17.0 Å². The topological polar surface area (TPSA) is 78.0 Å². The summed E-state index contributed by atoms with van der Waals surface area (Å²) in [4.78, 5) is 30.2. The van der Waals surface area contributed by atoms with Crippen LogP contribution in [-0.4, -0.2) is 78.9 Å². The summed E-state index contributed by atoms with van der Waals surface area (Å²) in [6.45, 7) is 1.08. The molecule has 0 N–H and O–H groups in total. The molecule has 0 spiro atoms. The SMILES string of the molecule is CN(C(=O)c1ccc(Cl)c(C(F)(F)F)c1)[C@H]1CN(C(=O)C2CCN(S(=O)(=O)C3CC3)CC2)C[C@@H]1c1ccc(Cl)cc1. The Kier molecular flexibility index (Phi) is 8.37. The number of amides is 2. The third-order valence-corrected chi connectivity index (χ3v) is 11.3. The van der Waals surface area contributed by atoms with Crippen molar-refractivity contribution >= 4 is 45.0 Å². The Labute approximate surface area is 247 Å². The molecule has 5 rings (SSSR count). The number of sulfonamides is 1. The first kappa shape index (κ1) is 30.1. The summed E-state index contributed by atoms with van der Waals surface area (Å²) < 4.78 is 67.1. The van der Waals surface area contributed by atoms with Gasteiger partial charge in [0.2, 0.25) is 15.9 Å². The number of hydrogen-bond donors (Lipinski definition) is 0. The van der Waals surface area contributed by atoms with Gasteiger partial charge in [0.05, 0.1) is 21.9 Å². The van der Waals surface area contributed by atoms with Gasteiger partial charge in [-0.3, -0.25) is 9.59 Å². The van der Waals surface area contributed by atoms with E-state index in [-0.39, 0.29) is 35.1 Å². The van der Waals surface area contributed by atoms with Crippen LogP contribution in [0, 0.1) is 5.92 Å². The molecule has 2 aromatic rings. The second-order valence-electron chi connectivity index (χ2n) is 11.0. The van der Waals surface area contributed by atoms with Crippen molar-refractivity contribution in [2.45, 2.75) is 49.1 Å². The third-order valence-electron chi connectivity index (χ3n) is 8.34. The number of carbonyl (C=O) groups is 2. The normalized spacial score (nSPS) is 22.6. The highest BCUT2D eigenvalue weighted by Crippen LogP contribution is 2.38. The number of carbonyl (C=O) groups excluding carboxylic acids is 2. The number of rotatable bonds is 6. The van der Waals surface area contributed by atoms with Crippen LogP contribution in [0.3, 0.4) is 0 Å². The minimum absolute atomic E-state index is 0.110. The van der Waals surface area contributed by atoms with Gasteiger partial charge in [-0.15, -0.1) is 0 Å². The number of piperidine rings is 1. The molecule has 2 heterocycles. The molecule has 2 amide bonds. The van der Waals surface area contributed by atoms with E-state index in [1.807, 2.05) is 12.1 Å². The molecule has 222 valence electrons. The highest BCUT2D eigenvalue weighted by molar-refractivity contribution is 7.90. The fourth-order valence-corrected chi connectivity index (χ4v) is 8.04. The van der Waals surface area contributed by atoms with Crippen molar-refractivity contribution in [2.75, 3.05) is 33.2 Å². The molecule has 2 aliphatic heterocycles. The van der Waals surface area contributed by atoms with Crippen LogP contribution in [-0.2, 0) is 21.0 Å². The summed E-state index contributed by atoms with van der Waals surface area (Å²) in [6, 6.07) is 9.61. The average Bonchev–Trinajstić information content (AvgIpc) is 3.72. The standard InChI is InChI=1S/C28H30Cl2F3N3O4S/c1-34(26(37)19-4-9-24(30)23(14-19)28(31,32)33)25-16-35(15-22(25)17-2-5-20(29)6-3-17)27(38)18-10-12-36(13-11-18)41(39,40)21-7-8-21/h2-6,9,14,18,21-22,25H,7-8,10-13,15-16H2,1H3/t22-,25+/m1/s1. The highest BCUT2D eigenvalue weighted by Gasteiger charge is 2.45. The van der Waals surface area contributed by atoms with Crippen LogP contribution in [0.4, 0.5) is 13.2 Å². The van der Waals surface area contributed by atoms with E-state index in [0.717, 1.165) is 17.7 Å². The number of halogens is 5. The lowest BCUT2D eigenvalue weighted by Crippen LogP contribution is -2.46. The summed E-state index contributed by atoms with van der Waals surface area (Å²) in [6.07, 6.45) is -2.53. The van der Waals surface area contributed by atoms with Gasteiger partial charge < -0.3 is 9.80 Å². The fourth-order valence-electron chi connectivity index (χ4n) is 5.82. The van der Waals surface area contributed by atoms with E-state index in [4.69, 9.17) is 23.2 Å². The lowest BCUT2D eigenvalue weighted by Gasteiger charge is -2.33. The molecule has 2 saturated heterocycles. The van der Waals surface area contributed by atoms with Crippen molar-refractivity contribution in [3.8, 4) is 0 Å². The maximum Gasteiger partial charge on any atom is 0.417 e. The Morgan fingerprint density at radius 1 is 0.951 bits per heavy atom. The Bertz CT molecular complexity index is 1430. The molecule has 7 nitrogen and oxygen atoms in total. The zero-order chi connectivity index (χ0) is 29.7.